The second-order valence-electron chi connectivity index (χ2n) is 7.17. The van der Waals surface area contributed by atoms with Crippen LogP contribution in [0.1, 0.15) is 25.3 Å². The van der Waals surface area contributed by atoms with Crippen molar-refractivity contribution in [2.75, 3.05) is 26.4 Å². The lowest BCUT2D eigenvalue weighted by molar-refractivity contribution is -0.278. The van der Waals surface area contributed by atoms with Crippen LogP contribution in [-0.4, -0.2) is 45.6 Å². The van der Waals surface area contributed by atoms with Gasteiger partial charge in [0, 0.05) is 12.3 Å². The number of hydrogen-bond donors (Lipinski definition) is 0. The average Bonchev–Trinajstić information content (AvgIpc) is 2.73. The highest BCUT2D eigenvalue weighted by molar-refractivity contribution is 5.29. The topological polar surface area (TPSA) is 46.2 Å². The van der Waals surface area contributed by atoms with Crippen molar-refractivity contribution in [2.45, 2.75) is 45.4 Å². The summed E-state index contributed by atoms with van der Waals surface area (Å²) in [5, 5.41) is 0. The minimum absolute atomic E-state index is 0.00517. The molecule has 0 aliphatic carbocycles. The lowest BCUT2D eigenvalue weighted by atomic mass is 10.1. The van der Waals surface area contributed by atoms with Gasteiger partial charge in [-0.3, -0.25) is 0 Å². The first kappa shape index (κ1) is 22.1. The maximum absolute atomic E-state index is 13.8. The molecule has 0 radical (unpaired) electrons. The van der Waals surface area contributed by atoms with Gasteiger partial charge in [-0.25, -0.2) is 4.39 Å². The summed E-state index contributed by atoms with van der Waals surface area (Å²) in [6.07, 6.45) is 5.50. The highest BCUT2D eigenvalue weighted by atomic mass is 19.3. The minimum Gasteiger partial charge on any atom is -0.432 e. The largest absolute Gasteiger partial charge is 0.432 e. The second-order valence-corrected chi connectivity index (χ2v) is 7.17. The van der Waals surface area contributed by atoms with E-state index in [2.05, 4.69) is 23.8 Å². The molecule has 29 heavy (non-hydrogen) atoms. The Kier molecular flexibility index (Phi) is 8.35. The Balaban J connectivity index is 1.38. The number of benzene rings is 1. The standard InChI is InChI=1S/C21H27F3O5/c1-2-3-4-15-10-27-20(28-11-15)16-12-25-19(26-13-16)8-6-14-5-7-18(17(22)9-14)29-21(23)24/h3-5,7,9,15-16,19-21H,2,6,8,10-13H2,1H3/b4-3+/t15-,16-,19-,20-. The van der Waals surface area contributed by atoms with Crippen molar-refractivity contribution >= 4 is 0 Å². The zero-order chi connectivity index (χ0) is 20.6. The summed E-state index contributed by atoms with van der Waals surface area (Å²) in [4.78, 5) is 0. The first-order chi connectivity index (χ1) is 14.0. The Morgan fingerprint density at radius 3 is 2.45 bits per heavy atom. The van der Waals surface area contributed by atoms with Crippen molar-refractivity contribution in [3.63, 3.8) is 0 Å². The summed E-state index contributed by atoms with van der Waals surface area (Å²) >= 11 is 0. The van der Waals surface area contributed by atoms with Crippen LogP contribution in [0.2, 0.25) is 0 Å². The molecular weight excluding hydrogens is 389 g/mol. The van der Waals surface area contributed by atoms with E-state index in [0.29, 0.717) is 44.8 Å². The molecule has 8 heteroatoms. The Labute approximate surface area is 168 Å². The van der Waals surface area contributed by atoms with Gasteiger partial charge in [0.05, 0.1) is 32.3 Å². The van der Waals surface area contributed by atoms with Crippen LogP contribution >= 0.6 is 0 Å². The fourth-order valence-corrected chi connectivity index (χ4v) is 3.30. The number of aryl methyl sites for hydroxylation is 1. The van der Waals surface area contributed by atoms with Crippen LogP contribution in [-0.2, 0) is 25.4 Å². The fraction of sp³-hybridized carbons (Fsp3) is 0.619. The SMILES string of the molecule is CC/C=C/[C@H]1CO[C@H]([C@H]2CO[C@H](CCc3ccc(OC(F)F)c(F)c3)OC2)OC1. The predicted molar refractivity (Wildman–Crippen MR) is 99.1 cm³/mol. The van der Waals surface area contributed by atoms with Gasteiger partial charge in [0.1, 0.15) is 0 Å². The molecule has 2 aliphatic heterocycles. The number of alkyl halides is 2. The average molecular weight is 416 g/mol. The van der Waals surface area contributed by atoms with Crippen molar-refractivity contribution in [3.8, 4) is 5.75 Å². The third kappa shape index (κ3) is 6.70. The van der Waals surface area contributed by atoms with Crippen molar-refractivity contribution in [1.29, 1.82) is 0 Å². The third-order valence-corrected chi connectivity index (χ3v) is 4.85. The van der Waals surface area contributed by atoms with Crippen molar-refractivity contribution in [2.24, 2.45) is 11.8 Å². The van der Waals surface area contributed by atoms with Gasteiger partial charge in [-0.15, -0.1) is 0 Å². The lowest BCUT2D eigenvalue weighted by Crippen LogP contribution is -2.44. The molecule has 0 N–H and O–H groups in total. The maximum Gasteiger partial charge on any atom is 0.387 e. The van der Waals surface area contributed by atoms with E-state index in [1.165, 1.54) is 12.1 Å². The van der Waals surface area contributed by atoms with E-state index < -0.39 is 24.5 Å². The molecule has 162 valence electrons. The highest BCUT2D eigenvalue weighted by Crippen LogP contribution is 2.25. The second kappa shape index (κ2) is 11.0. The van der Waals surface area contributed by atoms with Crippen molar-refractivity contribution in [1.82, 2.24) is 0 Å². The summed E-state index contributed by atoms with van der Waals surface area (Å²) < 4.78 is 65.4. The highest BCUT2D eigenvalue weighted by Gasteiger charge is 2.33. The molecule has 0 bridgehead atoms. The summed E-state index contributed by atoms with van der Waals surface area (Å²) in [6, 6.07) is 3.95. The molecule has 5 nitrogen and oxygen atoms in total. The molecule has 0 amide bonds. The maximum atomic E-state index is 13.8. The third-order valence-electron chi connectivity index (χ3n) is 4.85. The van der Waals surface area contributed by atoms with E-state index >= 15 is 0 Å². The van der Waals surface area contributed by atoms with Gasteiger partial charge in [-0.1, -0.05) is 25.1 Å². The summed E-state index contributed by atoms with van der Waals surface area (Å²) in [5.74, 6) is -0.989. The van der Waals surface area contributed by atoms with E-state index in [1.807, 2.05) is 0 Å². The molecule has 0 unspecified atom stereocenters. The monoisotopic (exact) mass is 416 g/mol. The fourth-order valence-electron chi connectivity index (χ4n) is 3.30. The van der Waals surface area contributed by atoms with Gasteiger partial charge >= 0.3 is 6.61 Å². The van der Waals surface area contributed by atoms with Crippen LogP contribution < -0.4 is 4.74 Å². The molecule has 3 rings (SSSR count). The van der Waals surface area contributed by atoms with Crippen LogP contribution in [0.15, 0.2) is 30.4 Å². The van der Waals surface area contributed by atoms with Crippen LogP contribution in [0.5, 0.6) is 5.75 Å². The number of rotatable bonds is 8. The van der Waals surface area contributed by atoms with Crippen molar-refractivity contribution < 1.29 is 36.9 Å². The molecule has 0 atom stereocenters. The molecule has 1 aromatic rings. The van der Waals surface area contributed by atoms with E-state index in [4.69, 9.17) is 18.9 Å². The number of hydrogen-bond acceptors (Lipinski definition) is 5. The van der Waals surface area contributed by atoms with Crippen LogP contribution in [0.25, 0.3) is 0 Å². The zero-order valence-electron chi connectivity index (χ0n) is 16.4. The van der Waals surface area contributed by atoms with Gasteiger partial charge in [0.15, 0.2) is 24.1 Å². The molecule has 0 spiro atoms. The molecule has 2 saturated heterocycles. The summed E-state index contributed by atoms with van der Waals surface area (Å²) in [6.45, 7) is 1.20. The van der Waals surface area contributed by atoms with Crippen LogP contribution in [0.3, 0.4) is 0 Å². The first-order valence-corrected chi connectivity index (χ1v) is 9.91. The summed E-state index contributed by atoms with van der Waals surface area (Å²) in [5.41, 5.74) is 0.656. The quantitative estimate of drug-likeness (QED) is 0.591. The smallest absolute Gasteiger partial charge is 0.387 e. The van der Waals surface area contributed by atoms with Crippen molar-refractivity contribution in [3.05, 3.63) is 41.7 Å². The van der Waals surface area contributed by atoms with E-state index in [9.17, 15) is 13.2 Å². The summed E-state index contributed by atoms with van der Waals surface area (Å²) in [7, 11) is 0. The van der Waals surface area contributed by atoms with Crippen LogP contribution in [0.4, 0.5) is 13.2 Å². The van der Waals surface area contributed by atoms with Gasteiger partial charge in [0.25, 0.3) is 0 Å². The van der Waals surface area contributed by atoms with Gasteiger partial charge < -0.3 is 23.7 Å². The zero-order valence-corrected chi connectivity index (χ0v) is 16.4. The van der Waals surface area contributed by atoms with Gasteiger partial charge in [-0.05, 0) is 30.5 Å². The molecule has 2 aliphatic rings. The van der Waals surface area contributed by atoms with Gasteiger partial charge in [-0.2, -0.15) is 8.78 Å². The Hall–Kier alpha value is -1.61. The normalized spacial score (nSPS) is 28.2. The van der Waals surface area contributed by atoms with Gasteiger partial charge in [0.2, 0.25) is 0 Å². The van der Waals surface area contributed by atoms with Crippen LogP contribution in [0, 0.1) is 17.7 Å². The van der Waals surface area contributed by atoms with E-state index in [0.717, 1.165) is 6.42 Å². The molecule has 0 saturated carbocycles. The number of ether oxygens (including phenoxy) is 5. The Morgan fingerprint density at radius 1 is 1.10 bits per heavy atom. The Bertz CT molecular complexity index is 654. The first-order valence-electron chi connectivity index (χ1n) is 9.91. The number of halogens is 3. The molecule has 2 heterocycles. The molecule has 1 aromatic carbocycles. The minimum atomic E-state index is -3.05. The Morgan fingerprint density at radius 2 is 1.83 bits per heavy atom. The lowest BCUT2D eigenvalue weighted by Gasteiger charge is -2.37. The van der Waals surface area contributed by atoms with E-state index in [1.54, 1.807) is 6.07 Å². The number of allylic oxidation sites excluding steroid dienone is 1. The molecular formula is C21H27F3O5. The van der Waals surface area contributed by atoms with E-state index in [-0.39, 0.29) is 18.1 Å². The molecule has 2 fully saturated rings. The predicted octanol–water partition coefficient (Wildman–Crippen LogP) is 4.30. The molecule has 0 aromatic heterocycles.